The number of carbonyl (C=O) groups excluding carboxylic acids is 1. The molecule has 0 atom stereocenters. The first-order valence-corrected chi connectivity index (χ1v) is 7.72. The van der Waals surface area contributed by atoms with Crippen molar-refractivity contribution in [1.29, 1.82) is 0 Å². The first-order chi connectivity index (χ1) is 12.4. The van der Waals surface area contributed by atoms with E-state index in [-0.39, 0.29) is 11.3 Å². The standard InChI is InChI=1S/C19H15F2N3O2/c1-11-6-12(2-3-16(11)19(22)25)17-8-14(4-5-24-17)26-15-7-13(18(20)21)9-23-10-15/h2-10,18H,1H3,(H2,22,25). The quantitative estimate of drug-likeness (QED) is 0.741. The van der Waals surface area contributed by atoms with E-state index in [0.29, 0.717) is 17.0 Å². The first kappa shape index (κ1) is 17.5. The molecule has 0 bridgehead atoms. The van der Waals surface area contributed by atoms with Crippen molar-refractivity contribution in [2.45, 2.75) is 13.3 Å². The molecule has 1 amide bonds. The van der Waals surface area contributed by atoms with E-state index in [9.17, 15) is 13.6 Å². The van der Waals surface area contributed by atoms with Crippen LogP contribution in [0.5, 0.6) is 11.5 Å². The third-order valence-corrected chi connectivity index (χ3v) is 3.74. The van der Waals surface area contributed by atoms with Gasteiger partial charge in [-0.1, -0.05) is 6.07 Å². The van der Waals surface area contributed by atoms with E-state index < -0.39 is 12.3 Å². The smallest absolute Gasteiger partial charge is 0.265 e. The topological polar surface area (TPSA) is 78.1 Å². The number of pyridine rings is 2. The monoisotopic (exact) mass is 355 g/mol. The Morgan fingerprint density at radius 1 is 1.12 bits per heavy atom. The Balaban J connectivity index is 1.88. The zero-order valence-electron chi connectivity index (χ0n) is 13.8. The number of alkyl halides is 2. The zero-order valence-corrected chi connectivity index (χ0v) is 13.8. The number of amides is 1. The predicted molar refractivity (Wildman–Crippen MR) is 92.2 cm³/mol. The number of rotatable bonds is 5. The minimum atomic E-state index is -2.62. The number of benzene rings is 1. The van der Waals surface area contributed by atoms with E-state index >= 15 is 0 Å². The molecular weight excluding hydrogens is 340 g/mol. The van der Waals surface area contributed by atoms with E-state index in [1.807, 2.05) is 0 Å². The SMILES string of the molecule is Cc1cc(-c2cc(Oc3cncc(C(F)F)c3)ccn2)ccc1C(N)=O. The molecule has 3 rings (SSSR count). The van der Waals surface area contributed by atoms with Crippen LogP contribution in [0.1, 0.15) is 27.9 Å². The number of ether oxygens (including phenoxy) is 1. The van der Waals surface area contributed by atoms with Gasteiger partial charge in [-0.3, -0.25) is 14.8 Å². The van der Waals surface area contributed by atoms with E-state index in [4.69, 9.17) is 10.5 Å². The van der Waals surface area contributed by atoms with Crippen LogP contribution in [0.3, 0.4) is 0 Å². The average molecular weight is 355 g/mol. The molecule has 3 aromatic rings. The van der Waals surface area contributed by atoms with Gasteiger partial charge in [0, 0.05) is 35.2 Å². The maximum atomic E-state index is 12.8. The Bertz CT molecular complexity index is 961. The molecular formula is C19H15F2N3O2. The van der Waals surface area contributed by atoms with Gasteiger partial charge < -0.3 is 10.5 Å². The molecule has 0 spiro atoms. The minimum absolute atomic E-state index is 0.209. The molecule has 2 heterocycles. The van der Waals surface area contributed by atoms with Crippen molar-refractivity contribution in [3.05, 3.63) is 71.7 Å². The number of hydrogen-bond donors (Lipinski definition) is 1. The van der Waals surface area contributed by atoms with Crippen LogP contribution < -0.4 is 10.5 Å². The van der Waals surface area contributed by atoms with Crippen molar-refractivity contribution in [1.82, 2.24) is 9.97 Å². The Hall–Kier alpha value is -3.35. The summed E-state index contributed by atoms with van der Waals surface area (Å²) in [5.41, 5.74) is 7.66. The normalized spacial score (nSPS) is 10.8. The molecule has 0 unspecified atom stereocenters. The highest BCUT2D eigenvalue weighted by Crippen LogP contribution is 2.28. The fourth-order valence-electron chi connectivity index (χ4n) is 2.48. The lowest BCUT2D eigenvalue weighted by atomic mass is 10.0. The third-order valence-electron chi connectivity index (χ3n) is 3.74. The van der Waals surface area contributed by atoms with E-state index in [2.05, 4.69) is 9.97 Å². The zero-order chi connectivity index (χ0) is 18.7. The fourth-order valence-corrected chi connectivity index (χ4v) is 2.48. The van der Waals surface area contributed by atoms with Crippen molar-refractivity contribution in [2.24, 2.45) is 5.73 Å². The number of aryl methyl sites for hydroxylation is 1. The predicted octanol–water partition coefficient (Wildman–Crippen LogP) is 4.28. The Kier molecular flexibility index (Phi) is 4.88. The molecule has 0 fully saturated rings. The van der Waals surface area contributed by atoms with Crippen LogP contribution in [0.4, 0.5) is 8.78 Å². The molecule has 2 N–H and O–H groups in total. The highest BCUT2D eigenvalue weighted by molar-refractivity contribution is 5.94. The molecule has 0 saturated heterocycles. The Morgan fingerprint density at radius 2 is 1.92 bits per heavy atom. The Labute approximate surface area is 148 Å². The van der Waals surface area contributed by atoms with Gasteiger partial charge >= 0.3 is 0 Å². The second-order valence-corrected chi connectivity index (χ2v) is 5.63. The molecule has 26 heavy (non-hydrogen) atoms. The number of carbonyl (C=O) groups is 1. The fraction of sp³-hybridized carbons (Fsp3) is 0.105. The third kappa shape index (κ3) is 3.83. The van der Waals surface area contributed by atoms with E-state index in [1.165, 1.54) is 12.3 Å². The Morgan fingerprint density at radius 3 is 2.62 bits per heavy atom. The number of halogens is 2. The number of nitrogens with two attached hydrogens (primary N) is 1. The largest absolute Gasteiger partial charge is 0.456 e. The average Bonchev–Trinajstić information content (AvgIpc) is 2.61. The summed E-state index contributed by atoms with van der Waals surface area (Å²) < 4.78 is 31.1. The highest BCUT2D eigenvalue weighted by Gasteiger charge is 2.11. The summed E-state index contributed by atoms with van der Waals surface area (Å²) in [6.45, 7) is 1.78. The van der Waals surface area contributed by atoms with Crippen LogP contribution in [0, 0.1) is 6.92 Å². The summed E-state index contributed by atoms with van der Waals surface area (Å²) in [5, 5.41) is 0. The van der Waals surface area contributed by atoms with Crippen LogP contribution in [0.2, 0.25) is 0 Å². The molecule has 132 valence electrons. The van der Waals surface area contributed by atoms with Crippen LogP contribution in [0.25, 0.3) is 11.3 Å². The van der Waals surface area contributed by atoms with Gasteiger partial charge in [-0.15, -0.1) is 0 Å². The van der Waals surface area contributed by atoms with E-state index in [0.717, 1.165) is 17.3 Å². The van der Waals surface area contributed by atoms with Crippen molar-refractivity contribution < 1.29 is 18.3 Å². The van der Waals surface area contributed by atoms with Crippen LogP contribution in [-0.2, 0) is 0 Å². The summed E-state index contributed by atoms with van der Waals surface area (Å²) in [6.07, 6.45) is 1.38. The molecule has 0 aliphatic heterocycles. The highest BCUT2D eigenvalue weighted by atomic mass is 19.3. The van der Waals surface area contributed by atoms with Gasteiger partial charge in [0.15, 0.2) is 0 Å². The molecule has 0 radical (unpaired) electrons. The number of nitrogens with zero attached hydrogens (tertiary/aromatic N) is 2. The van der Waals surface area contributed by atoms with Gasteiger partial charge in [0.2, 0.25) is 5.91 Å². The summed E-state index contributed by atoms with van der Waals surface area (Å²) in [4.78, 5) is 19.4. The molecule has 7 heteroatoms. The number of hydrogen-bond acceptors (Lipinski definition) is 4. The van der Waals surface area contributed by atoms with Gasteiger partial charge in [-0.05, 0) is 36.8 Å². The van der Waals surface area contributed by atoms with Gasteiger partial charge in [0.05, 0.1) is 11.9 Å². The number of primary amides is 1. The van der Waals surface area contributed by atoms with Gasteiger partial charge in [-0.25, -0.2) is 8.78 Å². The maximum Gasteiger partial charge on any atom is 0.265 e. The lowest BCUT2D eigenvalue weighted by molar-refractivity contribution is 0.0999. The molecule has 0 saturated carbocycles. The molecule has 0 aliphatic rings. The maximum absolute atomic E-state index is 12.8. The van der Waals surface area contributed by atoms with Crippen LogP contribution >= 0.6 is 0 Å². The number of aromatic nitrogens is 2. The molecule has 2 aromatic heterocycles. The van der Waals surface area contributed by atoms with E-state index in [1.54, 1.807) is 43.5 Å². The summed E-state index contributed by atoms with van der Waals surface area (Å²) in [7, 11) is 0. The van der Waals surface area contributed by atoms with Crippen molar-refractivity contribution in [2.75, 3.05) is 0 Å². The summed E-state index contributed by atoms with van der Waals surface area (Å²) in [5.74, 6) is 0.144. The van der Waals surface area contributed by atoms with Crippen LogP contribution in [-0.4, -0.2) is 15.9 Å². The van der Waals surface area contributed by atoms with Crippen molar-refractivity contribution in [3.8, 4) is 22.8 Å². The molecule has 5 nitrogen and oxygen atoms in total. The summed E-state index contributed by atoms with van der Waals surface area (Å²) >= 11 is 0. The van der Waals surface area contributed by atoms with Gasteiger partial charge in [-0.2, -0.15) is 0 Å². The second-order valence-electron chi connectivity index (χ2n) is 5.63. The summed E-state index contributed by atoms with van der Waals surface area (Å²) in [6, 6.07) is 9.70. The minimum Gasteiger partial charge on any atom is -0.456 e. The van der Waals surface area contributed by atoms with Gasteiger partial charge in [0.1, 0.15) is 11.5 Å². The lowest BCUT2D eigenvalue weighted by Crippen LogP contribution is -2.12. The van der Waals surface area contributed by atoms with Gasteiger partial charge in [0.25, 0.3) is 6.43 Å². The molecule has 0 aliphatic carbocycles. The lowest BCUT2D eigenvalue weighted by Gasteiger charge is -2.09. The van der Waals surface area contributed by atoms with Crippen LogP contribution in [0.15, 0.2) is 55.0 Å². The second kappa shape index (κ2) is 7.26. The molecule has 1 aromatic carbocycles. The van der Waals surface area contributed by atoms with Crippen molar-refractivity contribution in [3.63, 3.8) is 0 Å². The first-order valence-electron chi connectivity index (χ1n) is 7.72. The van der Waals surface area contributed by atoms with Crippen molar-refractivity contribution >= 4 is 5.91 Å².